The summed E-state index contributed by atoms with van der Waals surface area (Å²) in [5.41, 5.74) is 5.21. The quantitative estimate of drug-likeness (QED) is 0.284. The molecular formula is C32H36N6O3. The number of allylic oxidation sites excluding steroid dienone is 4. The number of hydrogen-bond donors (Lipinski definition) is 3. The van der Waals surface area contributed by atoms with Gasteiger partial charge in [-0.25, -0.2) is 0 Å². The lowest BCUT2D eigenvalue weighted by Gasteiger charge is -2.35. The van der Waals surface area contributed by atoms with Crippen LogP contribution < -0.4 is 10.9 Å². The minimum absolute atomic E-state index is 0.0382. The normalized spacial score (nSPS) is 20.2. The minimum atomic E-state index is -0.289. The fraction of sp³-hybridized carbons (Fsp3) is 0.344. The largest absolute Gasteiger partial charge is 0.373 e. The van der Waals surface area contributed by atoms with E-state index in [1.54, 1.807) is 23.1 Å². The van der Waals surface area contributed by atoms with Crippen molar-refractivity contribution >= 4 is 22.5 Å². The lowest BCUT2D eigenvalue weighted by atomic mass is 10.0. The van der Waals surface area contributed by atoms with Crippen LogP contribution in [0.4, 0.5) is 5.69 Å². The number of morpholine rings is 1. The van der Waals surface area contributed by atoms with Crippen LogP contribution >= 0.6 is 0 Å². The first-order chi connectivity index (χ1) is 19.8. The van der Waals surface area contributed by atoms with Gasteiger partial charge in [0.05, 0.1) is 47.0 Å². The number of carbonyl (C=O) groups excluding carboxylic acids is 1. The minimum Gasteiger partial charge on any atom is -0.373 e. The highest BCUT2D eigenvalue weighted by Crippen LogP contribution is 2.26. The summed E-state index contributed by atoms with van der Waals surface area (Å²) in [5.74, 6) is -0.289. The molecule has 9 heteroatoms. The molecule has 0 unspecified atom stereocenters. The number of anilines is 1. The third-order valence-corrected chi connectivity index (χ3v) is 7.80. The number of fused-ring (bicyclic) bond motifs is 1. The Morgan fingerprint density at radius 1 is 1.17 bits per heavy atom. The zero-order valence-corrected chi connectivity index (χ0v) is 23.7. The summed E-state index contributed by atoms with van der Waals surface area (Å²) in [6.45, 7) is 8.95. The van der Waals surface area contributed by atoms with Crippen molar-refractivity contribution in [1.82, 2.24) is 24.6 Å². The molecule has 4 aromatic rings. The highest BCUT2D eigenvalue weighted by molar-refractivity contribution is 6.04. The fourth-order valence-corrected chi connectivity index (χ4v) is 5.82. The van der Waals surface area contributed by atoms with E-state index in [1.165, 1.54) is 17.3 Å². The van der Waals surface area contributed by atoms with Crippen LogP contribution in [0, 0.1) is 0 Å². The smallest absolute Gasteiger partial charge is 0.258 e. The highest BCUT2D eigenvalue weighted by Gasteiger charge is 2.22. The Labute approximate surface area is 238 Å². The van der Waals surface area contributed by atoms with Crippen LogP contribution in [-0.4, -0.2) is 55.9 Å². The second kappa shape index (κ2) is 11.3. The van der Waals surface area contributed by atoms with E-state index in [4.69, 9.17) is 4.74 Å². The van der Waals surface area contributed by atoms with Crippen LogP contribution in [0.3, 0.4) is 0 Å². The maximum Gasteiger partial charge on any atom is 0.258 e. The summed E-state index contributed by atoms with van der Waals surface area (Å²) in [5, 5.41) is 8.35. The van der Waals surface area contributed by atoms with Crippen LogP contribution in [0.2, 0.25) is 0 Å². The third kappa shape index (κ3) is 5.96. The molecule has 1 saturated heterocycles. The second-order valence-corrected chi connectivity index (χ2v) is 11.2. The molecule has 1 aliphatic carbocycles. The summed E-state index contributed by atoms with van der Waals surface area (Å²) >= 11 is 0. The molecule has 41 heavy (non-hydrogen) atoms. The number of amides is 1. The molecule has 0 spiro atoms. The Balaban J connectivity index is 1.18. The molecule has 3 N–H and O–H groups in total. The van der Waals surface area contributed by atoms with Crippen LogP contribution in [-0.2, 0) is 11.3 Å². The van der Waals surface area contributed by atoms with Gasteiger partial charge >= 0.3 is 0 Å². The first-order valence-corrected chi connectivity index (χ1v) is 14.3. The van der Waals surface area contributed by atoms with E-state index < -0.39 is 0 Å². The lowest BCUT2D eigenvalue weighted by molar-refractivity contribution is -0.0704. The number of benzene rings is 1. The molecule has 4 heterocycles. The Morgan fingerprint density at radius 3 is 2.78 bits per heavy atom. The van der Waals surface area contributed by atoms with Crippen molar-refractivity contribution in [3.63, 3.8) is 0 Å². The third-order valence-electron chi connectivity index (χ3n) is 7.80. The molecule has 3 atom stereocenters. The van der Waals surface area contributed by atoms with E-state index in [0.29, 0.717) is 22.5 Å². The predicted octanol–water partition coefficient (Wildman–Crippen LogP) is 5.42. The average molecular weight is 553 g/mol. The molecule has 1 fully saturated rings. The number of nitrogens with zero attached hydrogens (tertiary/aromatic N) is 3. The maximum absolute atomic E-state index is 13.0. The number of ether oxygens (including phenoxy) is 1. The Bertz CT molecular complexity index is 1680. The Morgan fingerprint density at radius 2 is 2.00 bits per heavy atom. The standard InChI is InChI=1S/C32H36N6O3/c1-20-16-37(17-21(2)41-20)18-23-9-10-29-25(11-23)12-30(36-29)28-13-27(15-33-32(28)40)35-31(39)26-14-34-38(19-26)22(3)24-7-5-4-6-8-24/h5,7-15,19-22,36H,4,6,16-18H2,1-3H3,(H,33,40)(H,35,39)/t20-,21+,22-/m1/s1. The van der Waals surface area contributed by atoms with Gasteiger partial charge in [0.2, 0.25) is 0 Å². The van der Waals surface area contributed by atoms with Crippen molar-refractivity contribution in [2.45, 2.75) is 58.4 Å². The molecule has 3 aromatic heterocycles. The summed E-state index contributed by atoms with van der Waals surface area (Å²) in [6, 6.07) is 10.1. The number of rotatable bonds is 7. The molecule has 0 saturated carbocycles. The molecule has 1 amide bonds. The van der Waals surface area contributed by atoms with E-state index in [9.17, 15) is 9.59 Å². The van der Waals surface area contributed by atoms with Gasteiger partial charge in [-0.1, -0.05) is 24.3 Å². The Hall–Kier alpha value is -4.21. The van der Waals surface area contributed by atoms with E-state index in [0.717, 1.165) is 43.4 Å². The molecule has 212 valence electrons. The first kappa shape index (κ1) is 27.0. The number of nitrogens with one attached hydrogen (secondary N) is 3. The molecule has 0 bridgehead atoms. The first-order valence-electron chi connectivity index (χ1n) is 14.3. The molecule has 1 aromatic carbocycles. The van der Waals surface area contributed by atoms with E-state index >= 15 is 0 Å². The van der Waals surface area contributed by atoms with Crippen molar-refractivity contribution in [2.24, 2.45) is 0 Å². The van der Waals surface area contributed by atoms with Crippen molar-refractivity contribution in [1.29, 1.82) is 0 Å². The van der Waals surface area contributed by atoms with E-state index in [1.807, 2.05) is 6.07 Å². The topological polar surface area (TPSA) is 108 Å². The number of H-pyrrole nitrogens is 2. The monoisotopic (exact) mass is 552 g/mol. The van der Waals surface area contributed by atoms with Crippen molar-refractivity contribution in [3.8, 4) is 11.3 Å². The van der Waals surface area contributed by atoms with Gasteiger partial charge in [0.25, 0.3) is 11.5 Å². The van der Waals surface area contributed by atoms with E-state index in [-0.39, 0.29) is 29.7 Å². The zero-order chi connectivity index (χ0) is 28.5. The van der Waals surface area contributed by atoms with Gasteiger partial charge in [-0.15, -0.1) is 0 Å². The molecule has 2 aliphatic rings. The van der Waals surface area contributed by atoms with Gasteiger partial charge in [-0.05, 0) is 69.0 Å². The predicted molar refractivity (Wildman–Crippen MR) is 161 cm³/mol. The van der Waals surface area contributed by atoms with Crippen molar-refractivity contribution < 1.29 is 9.53 Å². The van der Waals surface area contributed by atoms with Gasteiger partial charge in [-0.2, -0.15) is 5.10 Å². The van der Waals surface area contributed by atoms with Gasteiger partial charge in [0.15, 0.2) is 0 Å². The SMILES string of the molecule is C[C@@H]1CN(Cc2ccc3[nH]c(-c4cc(NC(=O)c5cnn([C@H](C)C6=CCCC=C6)c5)c[nH]c4=O)cc3c2)C[C@H](C)O1. The summed E-state index contributed by atoms with van der Waals surface area (Å²) in [7, 11) is 0. The summed E-state index contributed by atoms with van der Waals surface area (Å²) in [6.07, 6.45) is 13.8. The molecule has 9 nitrogen and oxygen atoms in total. The number of aromatic amines is 2. The maximum atomic E-state index is 13.0. The average Bonchev–Trinajstić information content (AvgIpc) is 3.61. The Kier molecular flexibility index (Phi) is 7.47. The van der Waals surface area contributed by atoms with Crippen LogP contribution in [0.5, 0.6) is 0 Å². The molecule has 6 rings (SSSR count). The fourth-order valence-electron chi connectivity index (χ4n) is 5.82. The number of carbonyl (C=O) groups is 1. The van der Waals surface area contributed by atoms with Gasteiger partial charge in [-0.3, -0.25) is 19.2 Å². The molecular weight excluding hydrogens is 516 g/mol. The number of hydrogen-bond acceptors (Lipinski definition) is 5. The zero-order valence-electron chi connectivity index (χ0n) is 23.7. The number of pyridine rings is 1. The summed E-state index contributed by atoms with van der Waals surface area (Å²) in [4.78, 5) is 34.4. The summed E-state index contributed by atoms with van der Waals surface area (Å²) < 4.78 is 7.67. The van der Waals surface area contributed by atoms with Gasteiger partial charge in [0.1, 0.15) is 0 Å². The van der Waals surface area contributed by atoms with Gasteiger partial charge < -0.3 is 20.0 Å². The highest BCUT2D eigenvalue weighted by atomic mass is 16.5. The number of aromatic nitrogens is 4. The molecule has 0 radical (unpaired) electrons. The lowest BCUT2D eigenvalue weighted by Crippen LogP contribution is -2.44. The van der Waals surface area contributed by atoms with Crippen LogP contribution in [0.1, 0.15) is 55.6 Å². The van der Waals surface area contributed by atoms with Gasteiger partial charge in [0, 0.05) is 42.9 Å². The van der Waals surface area contributed by atoms with Crippen molar-refractivity contribution in [3.05, 3.63) is 94.2 Å². The van der Waals surface area contributed by atoms with Crippen LogP contribution in [0.15, 0.2) is 77.5 Å². The molecule has 1 aliphatic heterocycles. The van der Waals surface area contributed by atoms with E-state index in [2.05, 4.69) is 82.5 Å². The van der Waals surface area contributed by atoms with Crippen molar-refractivity contribution in [2.75, 3.05) is 18.4 Å². The second-order valence-electron chi connectivity index (χ2n) is 11.2. The van der Waals surface area contributed by atoms with Crippen LogP contribution in [0.25, 0.3) is 22.2 Å².